The van der Waals surface area contributed by atoms with Gasteiger partial charge in [-0.05, 0) is 64.7 Å². The van der Waals surface area contributed by atoms with E-state index in [0.717, 1.165) is 16.9 Å². The maximum absolute atomic E-state index is 12.8. The molecule has 2 aromatic carbocycles. The maximum Gasteiger partial charge on any atom is 0.329 e. The first-order chi connectivity index (χ1) is 15.4. The van der Waals surface area contributed by atoms with Crippen molar-refractivity contribution in [1.29, 1.82) is 0 Å². The minimum absolute atomic E-state index is 0.0647. The number of para-hydroxylation sites is 1. The Morgan fingerprint density at radius 3 is 2.66 bits per heavy atom. The highest BCUT2D eigenvalue weighted by atomic mass is 79.9. The van der Waals surface area contributed by atoms with Crippen molar-refractivity contribution >= 4 is 45.5 Å². The summed E-state index contributed by atoms with van der Waals surface area (Å²) in [6.45, 7) is 3.91. The van der Waals surface area contributed by atoms with Crippen molar-refractivity contribution in [1.82, 2.24) is 10.2 Å². The second-order valence-electron chi connectivity index (χ2n) is 6.91. The van der Waals surface area contributed by atoms with Gasteiger partial charge in [-0.1, -0.05) is 25.1 Å². The van der Waals surface area contributed by atoms with Gasteiger partial charge in [-0.2, -0.15) is 0 Å². The third kappa shape index (κ3) is 5.11. The van der Waals surface area contributed by atoms with Crippen LogP contribution in [0.4, 0.5) is 10.5 Å². The Balaban J connectivity index is 1.76. The topological polar surface area (TPSA) is 97.0 Å². The molecule has 1 saturated heterocycles. The van der Waals surface area contributed by atoms with Gasteiger partial charge in [-0.3, -0.25) is 9.59 Å². The van der Waals surface area contributed by atoms with Crippen LogP contribution in [0.15, 0.2) is 46.6 Å². The van der Waals surface area contributed by atoms with Gasteiger partial charge in [-0.25, -0.2) is 9.69 Å². The largest absolute Gasteiger partial charge is 0.493 e. The Bertz CT molecular complexity index is 1080. The molecule has 0 spiro atoms. The Kier molecular flexibility index (Phi) is 7.53. The van der Waals surface area contributed by atoms with Crippen molar-refractivity contribution in [3.8, 4) is 11.5 Å². The van der Waals surface area contributed by atoms with Crippen molar-refractivity contribution < 1.29 is 23.9 Å². The predicted molar refractivity (Wildman–Crippen MR) is 125 cm³/mol. The van der Waals surface area contributed by atoms with E-state index >= 15 is 0 Å². The van der Waals surface area contributed by atoms with Gasteiger partial charge in [0.25, 0.3) is 5.91 Å². The number of carbonyl (C=O) groups excluding carboxylic acids is 3. The second-order valence-corrected chi connectivity index (χ2v) is 7.76. The van der Waals surface area contributed by atoms with E-state index in [-0.39, 0.29) is 5.70 Å². The predicted octanol–water partition coefficient (Wildman–Crippen LogP) is 3.95. The fraction of sp³-hybridized carbons (Fsp3) is 0.261. The van der Waals surface area contributed by atoms with Gasteiger partial charge in [-0.15, -0.1) is 0 Å². The number of benzene rings is 2. The van der Waals surface area contributed by atoms with Crippen molar-refractivity contribution in [2.45, 2.75) is 20.3 Å². The highest BCUT2D eigenvalue weighted by Gasteiger charge is 2.35. The third-order valence-corrected chi connectivity index (χ3v) is 5.38. The highest BCUT2D eigenvalue weighted by molar-refractivity contribution is 9.10. The first-order valence-electron chi connectivity index (χ1n) is 10.1. The van der Waals surface area contributed by atoms with E-state index in [9.17, 15) is 14.4 Å². The van der Waals surface area contributed by atoms with Gasteiger partial charge in [0, 0.05) is 5.69 Å². The molecule has 3 rings (SSSR count). The number of hydrogen-bond donors (Lipinski definition) is 2. The molecule has 1 aliphatic heterocycles. The molecule has 0 bridgehead atoms. The number of ether oxygens (including phenoxy) is 2. The Hall–Kier alpha value is -3.33. The van der Waals surface area contributed by atoms with Crippen LogP contribution >= 0.6 is 15.9 Å². The zero-order valence-electron chi connectivity index (χ0n) is 18.0. The van der Waals surface area contributed by atoms with E-state index in [0.29, 0.717) is 33.8 Å². The first-order valence-corrected chi connectivity index (χ1v) is 10.9. The average Bonchev–Trinajstić information content (AvgIpc) is 3.03. The Labute approximate surface area is 194 Å². The van der Waals surface area contributed by atoms with Crippen molar-refractivity contribution in [2.75, 3.05) is 25.6 Å². The number of urea groups is 1. The molecule has 0 atom stereocenters. The average molecular weight is 502 g/mol. The lowest BCUT2D eigenvalue weighted by Crippen LogP contribution is -2.38. The molecule has 0 aliphatic carbocycles. The second kappa shape index (κ2) is 10.3. The van der Waals surface area contributed by atoms with Crippen LogP contribution in [0, 0.1) is 0 Å². The molecule has 1 heterocycles. The van der Waals surface area contributed by atoms with Crippen molar-refractivity contribution in [3.63, 3.8) is 0 Å². The van der Waals surface area contributed by atoms with Crippen LogP contribution in [0.1, 0.15) is 25.0 Å². The smallest absolute Gasteiger partial charge is 0.329 e. The third-order valence-electron chi connectivity index (χ3n) is 4.79. The van der Waals surface area contributed by atoms with Crippen LogP contribution in [0.3, 0.4) is 0 Å². The Morgan fingerprint density at radius 2 is 1.97 bits per heavy atom. The number of amides is 4. The number of nitrogens with zero attached hydrogens (tertiary/aromatic N) is 1. The van der Waals surface area contributed by atoms with E-state index in [1.54, 1.807) is 18.2 Å². The molecule has 9 heteroatoms. The number of hydrogen-bond acceptors (Lipinski definition) is 5. The quantitative estimate of drug-likeness (QED) is 0.421. The summed E-state index contributed by atoms with van der Waals surface area (Å²) in [6, 6.07) is 10.2. The molecule has 0 unspecified atom stereocenters. The van der Waals surface area contributed by atoms with Crippen LogP contribution in [-0.4, -0.2) is 43.0 Å². The maximum atomic E-state index is 12.8. The van der Waals surface area contributed by atoms with E-state index in [1.165, 1.54) is 13.2 Å². The molecule has 1 aliphatic rings. The van der Waals surface area contributed by atoms with E-state index < -0.39 is 24.4 Å². The molecule has 2 aromatic rings. The van der Waals surface area contributed by atoms with Gasteiger partial charge in [0.1, 0.15) is 12.2 Å². The standard InChI is InChI=1S/C23H24BrN3O5/c1-4-15-8-6-7-9-17(15)25-20(28)13-27-22(29)18(26-23(27)30)11-14-10-16(24)21(32-5-2)19(12-14)31-3/h6-12H,4-5,13H2,1-3H3,(H,25,28)(H,26,30)/b18-11+. The zero-order valence-corrected chi connectivity index (χ0v) is 19.6. The van der Waals surface area contributed by atoms with Crippen LogP contribution in [0.2, 0.25) is 0 Å². The summed E-state index contributed by atoms with van der Waals surface area (Å²) >= 11 is 3.43. The highest BCUT2D eigenvalue weighted by Crippen LogP contribution is 2.37. The van der Waals surface area contributed by atoms with Crippen LogP contribution in [0.5, 0.6) is 11.5 Å². The Morgan fingerprint density at radius 1 is 1.22 bits per heavy atom. The normalized spacial score (nSPS) is 14.5. The molecular weight excluding hydrogens is 478 g/mol. The van der Waals surface area contributed by atoms with E-state index in [4.69, 9.17) is 9.47 Å². The molecule has 8 nitrogen and oxygen atoms in total. The van der Waals surface area contributed by atoms with Crippen molar-refractivity contribution in [2.24, 2.45) is 0 Å². The lowest BCUT2D eigenvalue weighted by Gasteiger charge is -2.14. The number of rotatable bonds is 8. The molecular formula is C23H24BrN3O5. The number of anilines is 1. The molecule has 0 aromatic heterocycles. The molecule has 1 fully saturated rings. The van der Waals surface area contributed by atoms with Gasteiger partial charge in [0.05, 0.1) is 18.2 Å². The van der Waals surface area contributed by atoms with Gasteiger partial charge in [0.2, 0.25) is 5.91 Å². The van der Waals surface area contributed by atoms with Gasteiger partial charge < -0.3 is 20.1 Å². The fourth-order valence-electron chi connectivity index (χ4n) is 3.27. The number of imide groups is 1. The SMILES string of the molecule is CCOc1c(Br)cc(/C=C2/NC(=O)N(CC(=O)Nc3ccccc3CC)C2=O)cc1OC. The number of halogens is 1. The minimum Gasteiger partial charge on any atom is -0.493 e. The number of aryl methyl sites for hydroxylation is 1. The lowest BCUT2D eigenvalue weighted by molar-refractivity contribution is -0.127. The summed E-state index contributed by atoms with van der Waals surface area (Å²) in [4.78, 5) is 38.5. The van der Waals surface area contributed by atoms with Crippen LogP contribution in [0.25, 0.3) is 6.08 Å². The van der Waals surface area contributed by atoms with Gasteiger partial charge >= 0.3 is 6.03 Å². The van der Waals surface area contributed by atoms with E-state index in [1.807, 2.05) is 32.0 Å². The summed E-state index contributed by atoms with van der Waals surface area (Å²) < 4.78 is 11.6. The van der Waals surface area contributed by atoms with Crippen LogP contribution in [-0.2, 0) is 16.0 Å². The summed E-state index contributed by atoms with van der Waals surface area (Å²) in [5.41, 5.74) is 2.31. The summed E-state index contributed by atoms with van der Waals surface area (Å²) in [7, 11) is 1.51. The fourth-order valence-corrected chi connectivity index (χ4v) is 3.85. The number of carbonyl (C=O) groups is 3. The van der Waals surface area contributed by atoms with Gasteiger partial charge in [0.15, 0.2) is 11.5 Å². The molecule has 4 amide bonds. The van der Waals surface area contributed by atoms with E-state index in [2.05, 4.69) is 26.6 Å². The zero-order chi connectivity index (χ0) is 23.3. The molecule has 0 saturated carbocycles. The monoisotopic (exact) mass is 501 g/mol. The molecule has 32 heavy (non-hydrogen) atoms. The number of methoxy groups -OCH3 is 1. The molecule has 2 N–H and O–H groups in total. The molecule has 168 valence electrons. The van der Waals surface area contributed by atoms with Crippen LogP contribution < -0.4 is 20.1 Å². The minimum atomic E-state index is -0.655. The van der Waals surface area contributed by atoms with Crippen molar-refractivity contribution in [3.05, 3.63) is 57.7 Å². The number of nitrogens with one attached hydrogen (secondary N) is 2. The first kappa shape index (κ1) is 23.3. The lowest BCUT2D eigenvalue weighted by atomic mass is 10.1. The summed E-state index contributed by atoms with van der Waals surface area (Å²) in [5.74, 6) is -0.0145. The molecule has 0 radical (unpaired) electrons. The summed E-state index contributed by atoms with van der Waals surface area (Å²) in [5, 5.41) is 5.29. The summed E-state index contributed by atoms with van der Waals surface area (Å²) in [6.07, 6.45) is 2.26.